The number of hydrogen-bond donors (Lipinski definition) is 2. The molecule has 1 saturated heterocycles. The quantitative estimate of drug-likeness (QED) is 0.253. The Labute approximate surface area is 218 Å². The predicted molar refractivity (Wildman–Crippen MR) is 144 cm³/mol. The Balaban J connectivity index is 1.47. The van der Waals surface area contributed by atoms with Crippen LogP contribution >= 0.6 is 11.8 Å². The van der Waals surface area contributed by atoms with Crippen molar-refractivity contribution in [1.82, 2.24) is 0 Å². The Morgan fingerprint density at radius 2 is 1.59 bits per heavy atom. The number of carbonyl (C=O) groups is 2. The maximum atomic E-state index is 13.3. The van der Waals surface area contributed by atoms with Crippen LogP contribution in [0.2, 0.25) is 0 Å². The van der Waals surface area contributed by atoms with Crippen LogP contribution in [-0.4, -0.2) is 26.5 Å². The van der Waals surface area contributed by atoms with Crippen LogP contribution in [0.25, 0.3) is 11.1 Å². The van der Waals surface area contributed by atoms with E-state index in [0.29, 0.717) is 23.2 Å². The molecule has 0 spiro atoms. The first kappa shape index (κ1) is 24.6. The molecule has 0 aliphatic carbocycles. The van der Waals surface area contributed by atoms with Crippen LogP contribution in [0.4, 0.5) is 14.9 Å². The number of thioether (sulfide) groups is 1. The Bertz CT molecular complexity index is 1440. The molecule has 2 N–H and O–H groups in total. The van der Waals surface area contributed by atoms with Gasteiger partial charge in [-0.05, 0) is 72.1 Å². The van der Waals surface area contributed by atoms with Gasteiger partial charge in [0.25, 0.3) is 5.24 Å². The molecule has 0 bridgehead atoms. The number of phenolic OH excluding ortho intramolecular Hbond substituents is 2. The number of carbonyl (C=O) groups excluding carboxylic acids is 2. The zero-order valence-corrected chi connectivity index (χ0v) is 20.6. The SMILES string of the molecule is O=C(CC[C@H]1SC(=O)N(c2ccccc2)[C@@H]1c1ccc(-c2cccc(O)c2)cc1O)c1ccc(F)cc1. The van der Waals surface area contributed by atoms with Gasteiger partial charge in [-0.3, -0.25) is 14.5 Å². The van der Waals surface area contributed by atoms with Gasteiger partial charge in [-0.15, -0.1) is 0 Å². The zero-order valence-electron chi connectivity index (χ0n) is 19.8. The van der Waals surface area contributed by atoms with E-state index in [-0.39, 0.29) is 34.2 Å². The summed E-state index contributed by atoms with van der Waals surface area (Å²) in [6, 6.07) is 26.2. The van der Waals surface area contributed by atoms with Gasteiger partial charge in [0.05, 0.1) is 6.04 Å². The second-order valence-electron chi connectivity index (χ2n) is 8.87. The number of para-hydroxylation sites is 1. The number of rotatable bonds is 7. The molecule has 7 heteroatoms. The summed E-state index contributed by atoms with van der Waals surface area (Å²) in [6.45, 7) is 0. The highest BCUT2D eigenvalue weighted by Gasteiger charge is 2.43. The largest absolute Gasteiger partial charge is 0.508 e. The topological polar surface area (TPSA) is 77.8 Å². The van der Waals surface area contributed by atoms with Gasteiger partial charge in [0.2, 0.25) is 0 Å². The average molecular weight is 514 g/mol. The molecule has 0 radical (unpaired) electrons. The summed E-state index contributed by atoms with van der Waals surface area (Å²) in [5.41, 5.74) is 3.17. The van der Waals surface area contributed by atoms with Crippen molar-refractivity contribution in [3.8, 4) is 22.6 Å². The fourth-order valence-corrected chi connectivity index (χ4v) is 5.88. The van der Waals surface area contributed by atoms with Gasteiger partial charge in [-0.1, -0.05) is 54.2 Å². The molecule has 0 saturated carbocycles. The molecule has 0 aromatic heterocycles. The molecular weight excluding hydrogens is 489 g/mol. The molecule has 1 fully saturated rings. The Morgan fingerprint density at radius 1 is 0.865 bits per heavy atom. The Hall–Kier alpha value is -4.10. The normalized spacial score (nSPS) is 17.2. The highest BCUT2D eigenvalue weighted by atomic mass is 32.2. The Kier molecular flexibility index (Phi) is 6.97. The summed E-state index contributed by atoms with van der Waals surface area (Å²) in [4.78, 5) is 27.7. The maximum Gasteiger partial charge on any atom is 0.287 e. The van der Waals surface area contributed by atoms with E-state index in [1.165, 1.54) is 24.3 Å². The number of anilines is 1. The minimum absolute atomic E-state index is 0.0249. The number of nitrogens with zero attached hydrogens (tertiary/aromatic N) is 1. The van der Waals surface area contributed by atoms with Crippen molar-refractivity contribution in [1.29, 1.82) is 0 Å². The van der Waals surface area contributed by atoms with Crippen molar-refractivity contribution >= 4 is 28.5 Å². The van der Waals surface area contributed by atoms with Crippen LogP contribution in [0.5, 0.6) is 11.5 Å². The zero-order chi connectivity index (χ0) is 25.9. The fraction of sp³-hybridized carbons (Fsp3) is 0.133. The van der Waals surface area contributed by atoms with Crippen molar-refractivity contribution in [3.05, 3.63) is 114 Å². The van der Waals surface area contributed by atoms with Crippen LogP contribution < -0.4 is 4.90 Å². The summed E-state index contributed by atoms with van der Waals surface area (Å²) in [7, 11) is 0. The van der Waals surface area contributed by atoms with Crippen LogP contribution in [0.15, 0.2) is 97.1 Å². The lowest BCUT2D eigenvalue weighted by Crippen LogP contribution is -2.29. The van der Waals surface area contributed by atoms with Crippen LogP contribution in [0.1, 0.15) is 34.8 Å². The standard InChI is InChI=1S/C30H24FNO4S/c31-22-12-9-19(10-13-22)26(34)15-16-28-29(32(30(36)37-28)23-6-2-1-3-7-23)25-14-11-21(18-27(25)35)20-5-4-8-24(33)17-20/h1-14,17-18,28-29,33,35H,15-16H2/t28-,29-/m1/s1. The van der Waals surface area contributed by atoms with Gasteiger partial charge >= 0.3 is 0 Å². The van der Waals surface area contributed by atoms with E-state index in [0.717, 1.165) is 22.9 Å². The molecule has 186 valence electrons. The van der Waals surface area contributed by atoms with Gasteiger partial charge in [-0.2, -0.15) is 0 Å². The molecule has 4 aromatic carbocycles. The molecule has 37 heavy (non-hydrogen) atoms. The van der Waals surface area contributed by atoms with E-state index in [1.807, 2.05) is 42.5 Å². The Morgan fingerprint density at radius 3 is 2.30 bits per heavy atom. The fourth-order valence-electron chi connectivity index (χ4n) is 4.65. The minimum atomic E-state index is -0.501. The van der Waals surface area contributed by atoms with E-state index in [1.54, 1.807) is 35.2 Å². The van der Waals surface area contributed by atoms with E-state index in [9.17, 15) is 24.2 Å². The van der Waals surface area contributed by atoms with Crippen molar-refractivity contribution in [2.75, 3.05) is 4.90 Å². The van der Waals surface area contributed by atoms with Crippen molar-refractivity contribution in [3.63, 3.8) is 0 Å². The first-order valence-electron chi connectivity index (χ1n) is 11.9. The van der Waals surface area contributed by atoms with Gasteiger partial charge < -0.3 is 10.2 Å². The van der Waals surface area contributed by atoms with Gasteiger partial charge in [0, 0.05) is 28.5 Å². The van der Waals surface area contributed by atoms with E-state index in [2.05, 4.69) is 0 Å². The molecule has 1 amide bonds. The number of halogens is 1. The predicted octanol–water partition coefficient (Wildman–Crippen LogP) is 7.35. The van der Waals surface area contributed by atoms with Crippen LogP contribution in [-0.2, 0) is 0 Å². The van der Waals surface area contributed by atoms with Gasteiger partial charge in [-0.25, -0.2) is 4.39 Å². The number of ketones is 1. The maximum absolute atomic E-state index is 13.3. The molecule has 1 aliphatic rings. The first-order chi connectivity index (χ1) is 17.9. The monoisotopic (exact) mass is 513 g/mol. The third-order valence-corrected chi connectivity index (χ3v) is 7.66. The molecular formula is C30H24FNO4S. The van der Waals surface area contributed by atoms with Gasteiger partial charge in [0.1, 0.15) is 17.3 Å². The summed E-state index contributed by atoms with van der Waals surface area (Å²) >= 11 is 1.15. The number of phenols is 2. The molecule has 1 aliphatic heterocycles. The lowest BCUT2D eigenvalue weighted by atomic mass is 9.94. The van der Waals surface area contributed by atoms with Crippen molar-refractivity contribution in [2.45, 2.75) is 24.1 Å². The smallest absolute Gasteiger partial charge is 0.287 e. The van der Waals surface area contributed by atoms with E-state index >= 15 is 0 Å². The van der Waals surface area contributed by atoms with E-state index in [4.69, 9.17) is 0 Å². The van der Waals surface area contributed by atoms with Crippen LogP contribution in [0.3, 0.4) is 0 Å². The lowest BCUT2D eigenvalue weighted by Gasteiger charge is -2.28. The second kappa shape index (κ2) is 10.5. The number of benzene rings is 4. The highest BCUT2D eigenvalue weighted by Crippen LogP contribution is 2.48. The first-order valence-corrected chi connectivity index (χ1v) is 12.7. The molecule has 5 rings (SSSR count). The number of hydrogen-bond acceptors (Lipinski definition) is 5. The lowest BCUT2D eigenvalue weighted by molar-refractivity contribution is 0.0979. The third-order valence-electron chi connectivity index (χ3n) is 6.46. The summed E-state index contributed by atoms with van der Waals surface area (Å²) < 4.78 is 13.3. The third kappa shape index (κ3) is 5.22. The molecule has 4 aromatic rings. The number of Topliss-reactive ketones (excluding diaryl/α,β-unsaturated/α-hetero) is 1. The van der Waals surface area contributed by atoms with Crippen molar-refractivity contribution in [2.24, 2.45) is 0 Å². The number of amides is 1. The van der Waals surface area contributed by atoms with E-state index < -0.39 is 11.9 Å². The van der Waals surface area contributed by atoms with Gasteiger partial charge in [0.15, 0.2) is 5.78 Å². The minimum Gasteiger partial charge on any atom is -0.508 e. The molecule has 2 atom stereocenters. The van der Waals surface area contributed by atoms with Crippen molar-refractivity contribution < 1.29 is 24.2 Å². The molecule has 0 unspecified atom stereocenters. The molecule has 1 heterocycles. The summed E-state index contributed by atoms with van der Waals surface area (Å²) in [6.07, 6.45) is 0.576. The van der Waals surface area contributed by atoms with Crippen LogP contribution in [0, 0.1) is 5.82 Å². The highest BCUT2D eigenvalue weighted by molar-refractivity contribution is 8.14. The summed E-state index contributed by atoms with van der Waals surface area (Å²) in [5, 5.41) is 20.5. The second-order valence-corrected chi connectivity index (χ2v) is 10.1. The average Bonchev–Trinajstić information content (AvgIpc) is 3.23. The molecule has 5 nitrogen and oxygen atoms in total. The number of aromatic hydroxyl groups is 2. The summed E-state index contributed by atoms with van der Waals surface area (Å²) in [5.74, 6) is -0.387.